The van der Waals surface area contributed by atoms with Gasteiger partial charge in [-0.25, -0.2) is 4.98 Å². The second kappa shape index (κ2) is 8.32. The minimum Gasteiger partial charge on any atom is -0.467 e. The molecule has 0 amide bonds. The lowest BCUT2D eigenvalue weighted by Crippen LogP contribution is -2.18. The summed E-state index contributed by atoms with van der Waals surface area (Å²) in [5, 5.41) is 3.40. The molecule has 0 radical (unpaired) electrons. The number of nitrogens with zero attached hydrogens (tertiary/aromatic N) is 1. The summed E-state index contributed by atoms with van der Waals surface area (Å²) in [7, 11) is 0. The molecule has 0 spiro atoms. The van der Waals surface area contributed by atoms with Crippen LogP contribution in [-0.4, -0.2) is 18.1 Å². The van der Waals surface area contributed by atoms with E-state index in [1.54, 1.807) is 17.6 Å². The van der Waals surface area contributed by atoms with Gasteiger partial charge in [0.2, 0.25) is 0 Å². The molecule has 0 fully saturated rings. The summed E-state index contributed by atoms with van der Waals surface area (Å²) in [6, 6.07) is 2.06. The van der Waals surface area contributed by atoms with Crippen LogP contribution in [0, 0.1) is 12.8 Å². The summed E-state index contributed by atoms with van der Waals surface area (Å²) in [5.74, 6) is 1.55. The SMILES string of the molecule is Cc1ncsc1CCOCc1cc(CNCC(C)C)co1. The Labute approximate surface area is 130 Å². The van der Waals surface area contributed by atoms with E-state index in [2.05, 4.69) is 30.2 Å². The van der Waals surface area contributed by atoms with Crippen molar-refractivity contribution in [1.82, 2.24) is 10.3 Å². The predicted molar refractivity (Wildman–Crippen MR) is 85.5 cm³/mol. The molecule has 0 saturated carbocycles. The van der Waals surface area contributed by atoms with Crippen molar-refractivity contribution in [2.75, 3.05) is 13.2 Å². The van der Waals surface area contributed by atoms with Crippen LogP contribution >= 0.6 is 11.3 Å². The normalized spacial score (nSPS) is 11.4. The van der Waals surface area contributed by atoms with E-state index in [1.165, 1.54) is 10.4 Å². The molecule has 116 valence electrons. The number of aryl methyl sites for hydroxylation is 1. The third kappa shape index (κ3) is 5.61. The third-order valence-electron chi connectivity index (χ3n) is 3.15. The highest BCUT2D eigenvalue weighted by Gasteiger charge is 2.04. The molecular formula is C16H24N2O2S. The van der Waals surface area contributed by atoms with Crippen LogP contribution in [0.3, 0.4) is 0 Å². The highest BCUT2D eigenvalue weighted by Crippen LogP contribution is 2.14. The Morgan fingerprint density at radius 2 is 2.29 bits per heavy atom. The Bertz CT molecular complexity index is 534. The minimum atomic E-state index is 0.530. The maximum absolute atomic E-state index is 5.67. The average Bonchev–Trinajstić information content (AvgIpc) is 3.04. The van der Waals surface area contributed by atoms with Crippen molar-refractivity contribution in [1.29, 1.82) is 0 Å². The molecule has 0 aliphatic heterocycles. The summed E-state index contributed by atoms with van der Waals surface area (Å²) >= 11 is 1.69. The van der Waals surface area contributed by atoms with Crippen LogP contribution in [-0.2, 0) is 24.3 Å². The molecule has 5 heteroatoms. The summed E-state index contributed by atoms with van der Waals surface area (Å²) < 4.78 is 11.2. The Morgan fingerprint density at radius 3 is 3.00 bits per heavy atom. The number of rotatable bonds is 9. The minimum absolute atomic E-state index is 0.530. The molecule has 2 heterocycles. The van der Waals surface area contributed by atoms with Crippen molar-refractivity contribution < 1.29 is 9.15 Å². The van der Waals surface area contributed by atoms with E-state index in [-0.39, 0.29) is 0 Å². The van der Waals surface area contributed by atoms with Crippen LogP contribution in [0.25, 0.3) is 0 Å². The average molecular weight is 308 g/mol. The monoisotopic (exact) mass is 308 g/mol. The van der Waals surface area contributed by atoms with E-state index >= 15 is 0 Å². The van der Waals surface area contributed by atoms with Crippen LogP contribution < -0.4 is 5.32 Å². The van der Waals surface area contributed by atoms with Gasteiger partial charge in [-0.3, -0.25) is 0 Å². The highest BCUT2D eigenvalue weighted by molar-refractivity contribution is 7.09. The number of ether oxygens (including phenoxy) is 1. The van der Waals surface area contributed by atoms with Crippen LogP contribution in [0.1, 0.15) is 35.7 Å². The van der Waals surface area contributed by atoms with Gasteiger partial charge in [0.15, 0.2) is 0 Å². The van der Waals surface area contributed by atoms with Crippen molar-refractivity contribution in [2.45, 2.75) is 40.3 Å². The van der Waals surface area contributed by atoms with Crippen LogP contribution in [0.5, 0.6) is 0 Å². The first kappa shape index (κ1) is 16.2. The van der Waals surface area contributed by atoms with E-state index < -0.39 is 0 Å². The zero-order valence-electron chi connectivity index (χ0n) is 13.0. The Balaban J connectivity index is 1.65. The Kier molecular flexibility index (Phi) is 6.42. The molecule has 2 rings (SSSR count). The maximum atomic E-state index is 5.67. The molecule has 0 aliphatic carbocycles. The zero-order valence-corrected chi connectivity index (χ0v) is 13.8. The van der Waals surface area contributed by atoms with Crippen LogP contribution in [0.15, 0.2) is 22.3 Å². The molecule has 1 N–H and O–H groups in total. The van der Waals surface area contributed by atoms with Gasteiger partial charge in [0.25, 0.3) is 0 Å². The number of hydrogen-bond acceptors (Lipinski definition) is 5. The largest absolute Gasteiger partial charge is 0.467 e. The van der Waals surface area contributed by atoms with E-state index in [0.717, 1.165) is 31.0 Å². The number of nitrogens with one attached hydrogen (secondary N) is 1. The quantitative estimate of drug-likeness (QED) is 0.720. The lowest BCUT2D eigenvalue weighted by molar-refractivity contribution is 0.109. The summed E-state index contributed by atoms with van der Waals surface area (Å²) in [4.78, 5) is 5.53. The van der Waals surface area contributed by atoms with Crippen molar-refractivity contribution in [3.05, 3.63) is 39.7 Å². The van der Waals surface area contributed by atoms with Gasteiger partial charge in [0.05, 0.1) is 24.1 Å². The number of furan rings is 1. The van der Waals surface area contributed by atoms with Crippen LogP contribution in [0.2, 0.25) is 0 Å². The van der Waals surface area contributed by atoms with Gasteiger partial charge in [-0.05, 0) is 25.5 Å². The fraction of sp³-hybridized carbons (Fsp3) is 0.562. The first-order valence-corrected chi connectivity index (χ1v) is 8.27. The van der Waals surface area contributed by atoms with Crippen molar-refractivity contribution in [3.8, 4) is 0 Å². The van der Waals surface area contributed by atoms with E-state index in [9.17, 15) is 0 Å². The topological polar surface area (TPSA) is 47.3 Å². The van der Waals surface area contributed by atoms with Crippen molar-refractivity contribution in [2.24, 2.45) is 5.92 Å². The van der Waals surface area contributed by atoms with Gasteiger partial charge in [-0.1, -0.05) is 13.8 Å². The summed E-state index contributed by atoms with van der Waals surface area (Å²) in [6.45, 7) is 9.54. The molecule has 21 heavy (non-hydrogen) atoms. The van der Waals surface area contributed by atoms with Gasteiger partial charge in [-0.15, -0.1) is 11.3 Å². The van der Waals surface area contributed by atoms with Gasteiger partial charge in [0.1, 0.15) is 12.4 Å². The molecular weight excluding hydrogens is 284 g/mol. The second-order valence-electron chi connectivity index (χ2n) is 5.61. The van der Waals surface area contributed by atoms with Crippen LogP contribution in [0.4, 0.5) is 0 Å². The van der Waals surface area contributed by atoms with Gasteiger partial charge in [0, 0.05) is 23.4 Å². The highest BCUT2D eigenvalue weighted by atomic mass is 32.1. The molecule has 2 aromatic heterocycles. The second-order valence-corrected chi connectivity index (χ2v) is 6.55. The molecule has 0 aliphatic rings. The Hall–Kier alpha value is -1.17. The standard InChI is InChI=1S/C16H24N2O2S/c1-12(2)7-17-8-14-6-15(20-9-14)10-19-5-4-16-13(3)18-11-21-16/h6,9,11-12,17H,4-5,7-8,10H2,1-3H3. The van der Waals surface area contributed by atoms with Crippen molar-refractivity contribution in [3.63, 3.8) is 0 Å². The number of aromatic nitrogens is 1. The predicted octanol–water partition coefficient (Wildman–Crippen LogP) is 3.55. The molecule has 4 nitrogen and oxygen atoms in total. The lowest BCUT2D eigenvalue weighted by atomic mass is 10.2. The molecule has 0 saturated heterocycles. The fourth-order valence-electron chi connectivity index (χ4n) is 2.00. The van der Waals surface area contributed by atoms with Gasteiger partial charge >= 0.3 is 0 Å². The summed E-state index contributed by atoms with van der Waals surface area (Å²) in [5.41, 5.74) is 4.17. The van der Waals surface area contributed by atoms with Gasteiger partial charge in [-0.2, -0.15) is 0 Å². The van der Waals surface area contributed by atoms with E-state index in [4.69, 9.17) is 9.15 Å². The van der Waals surface area contributed by atoms with Crippen molar-refractivity contribution >= 4 is 11.3 Å². The fourth-order valence-corrected chi connectivity index (χ4v) is 2.77. The lowest BCUT2D eigenvalue weighted by Gasteiger charge is -2.04. The number of thiazole rings is 1. The molecule has 2 aromatic rings. The smallest absolute Gasteiger partial charge is 0.129 e. The van der Waals surface area contributed by atoms with Gasteiger partial charge < -0.3 is 14.5 Å². The maximum Gasteiger partial charge on any atom is 0.129 e. The Morgan fingerprint density at radius 1 is 1.43 bits per heavy atom. The van der Waals surface area contributed by atoms with E-state index in [0.29, 0.717) is 19.1 Å². The number of hydrogen-bond donors (Lipinski definition) is 1. The third-order valence-corrected chi connectivity index (χ3v) is 4.15. The molecule has 0 atom stereocenters. The first-order valence-electron chi connectivity index (χ1n) is 7.39. The molecule has 0 unspecified atom stereocenters. The van der Waals surface area contributed by atoms with E-state index in [1.807, 2.05) is 12.4 Å². The molecule has 0 bridgehead atoms. The first-order chi connectivity index (χ1) is 10.1. The zero-order chi connectivity index (χ0) is 15.1. The molecule has 0 aromatic carbocycles. The summed E-state index contributed by atoms with van der Waals surface area (Å²) in [6.07, 6.45) is 2.72.